The molecular formula is C67H109NO3S2. The van der Waals surface area contributed by atoms with Crippen molar-refractivity contribution >= 4 is 37.2 Å². The second kappa shape index (κ2) is 24.3. The van der Waals surface area contributed by atoms with E-state index in [1.807, 2.05) is 24.3 Å². The molecule has 8 rings (SSSR count). The topological polar surface area (TPSA) is 64.1 Å². The highest BCUT2D eigenvalue weighted by atomic mass is 32.2. The predicted molar refractivity (Wildman–Crippen MR) is 316 cm³/mol. The van der Waals surface area contributed by atoms with Gasteiger partial charge < -0.3 is 0 Å². The van der Waals surface area contributed by atoms with Gasteiger partial charge >= 0.3 is 0 Å². The van der Waals surface area contributed by atoms with Crippen LogP contribution in [0.4, 0.5) is 0 Å². The Labute approximate surface area is 454 Å². The molecule has 6 aliphatic carbocycles. The van der Waals surface area contributed by atoms with Gasteiger partial charge in [0.05, 0.1) is 16.0 Å². The molecule has 0 saturated heterocycles. The molecule has 6 fully saturated rings. The fourth-order valence-corrected chi connectivity index (χ4v) is 19.3. The van der Waals surface area contributed by atoms with Crippen molar-refractivity contribution < 1.29 is 13.2 Å². The second-order valence-electron chi connectivity index (χ2n) is 30.4. The van der Waals surface area contributed by atoms with Crippen LogP contribution in [0.5, 0.6) is 0 Å². The van der Waals surface area contributed by atoms with Crippen LogP contribution in [0.2, 0.25) is 0 Å². The number of fused-ring (bicyclic) bond motifs is 3. The Kier molecular flexibility index (Phi) is 20.0. The molecule has 1 heterocycles. The standard InChI is InChI=1S/C31H54.C28H41NO2S2.C8H14O/c1-23(12-10-18-28(2,3)4)26-16-17-27-25(13-11-19-31(26,27)9)15-14-24-20-29(5,6)22-30(7,8)21-24;1-20(10-8-17-27(2,3)4)22-14-15-23-21(11-9-18-28(22,23)5)16-19-33(30,31)26-29-24-12-6-7-13-25(24)32-26;1-6-3-7(2)5-8(9)4-6/h14-15,23,26-27H,10-13,16-22H2,1-9H3;6-7,12-13,16,20,22-23H,8-11,14-15,17-19H2,1-5H3;6-7H,3-5H2,1-2H3/b25-15+;21-16+;/t23-,26-,27+,31-;20-,22-,23+,28-;6-,7+/m11./s1. The zero-order chi connectivity index (χ0) is 53.8. The third-order valence-electron chi connectivity index (χ3n) is 19.6. The molecular weight excluding hydrogens is 931 g/mol. The summed E-state index contributed by atoms with van der Waals surface area (Å²) in [4.78, 5) is 15.3. The molecule has 0 spiro atoms. The first kappa shape index (κ1) is 60.2. The van der Waals surface area contributed by atoms with E-state index in [2.05, 4.69) is 134 Å². The molecule has 0 bridgehead atoms. The number of aromatic nitrogens is 1. The second-order valence-corrected chi connectivity index (χ2v) is 33.6. The molecule has 2 aromatic rings. The van der Waals surface area contributed by atoms with E-state index in [9.17, 15) is 13.2 Å². The number of hydrogen-bond acceptors (Lipinski definition) is 5. The van der Waals surface area contributed by atoms with Crippen LogP contribution in [0.15, 0.2) is 63.6 Å². The molecule has 73 heavy (non-hydrogen) atoms. The lowest BCUT2D eigenvalue weighted by Gasteiger charge is -2.44. The van der Waals surface area contributed by atoms with Crippen molar-refractivity contribution in [3.8, 4) is 0 Å². The lowest BCUT2D eigenvalue weighted by Crippen LogP contribution is -2.36. The average Bonchev–Trinajstić information content (AvgIpc) is 3.96. The Morgan fingerprint density at radius 2 is 1.21 bits per heavy atom. The largest absolute Gasteiger partial charge is 0.300 e. The molecule has 10 atom stereocenters. The van der Waals surface area contributed by atoms with Crippen LogP contribution in [0, 0.1) is 79.8 Å². The molecule has 6 aliphatic rings. The highest BCUT2D eigenvalue weighted by molar-refractivity contribution is 7.93. The van der Waals surface area contributed by atoms with Gasteiger partial charge in [-0.15, -0.1) is 11.3 Å². The predicted octanol–water partition coefficient (Wildman–Crippen LogP) is 20.2. The number of thiazole rings is 1. The van der Waals surface area contributed by atoms with E-state index in [1.165, 1.54) is 139 Å². The zero-order valence-corrected chi connectivity index (χ0v) is 51.5. The molecule has 1 aromatic heterocycles. The Hall–Kier alpha value is -2.05. The molecule has 0 radical (unpaired) electrons. The van der Waals surface area contributed by atoms with Crippen LogP contribution in [0.25, 0.3) is 10.2 Å². The summed E-state index contributed by atoms with van der Waals surface area (Å²) < 4.78 is 27.4. The Morgan fingerprint density at radius 1 is 0.712 bits per heavy atom. The highest BCUT2D eigenvalue weighted by Gasteiger charge is 2.52. The van der Waals surface area contributed by atoms with Crippen LogP contribution >= 0.6 is 11.3 Å². The highest BCUT2D eigenvalue weighted by Crippen LogP contribution is 2.61. The third kappa shape index (κ3) is 16.5. The maximum atomic E-state index is 13.1. The number of ketones is 1. The summed E-state index contributed by atoms with van der Waals surface area (Å²) in [5, 5.41) is 0. The fraction of sp³-hybridized carbons (Fsp3) is 0.791. The van der Waals surface area contributed by atoms with E-state index in [-0.39, 0.29) is 10.1 Å². The lowest BCUT2D eigenvalue weighted by molar-refractivity contribution is -0.122. The summed E-state index contributed by atoms with van der Waals surface area (Å²) in [6.45, 7) is 38.6. The number of rotatable bonds is 12. The molecule has 6 saturated carbocycles. The number of carbonyl (C=O) groups excluding carboxylic acids is 1. The molecule has 0 unspecified atom stereocenters. The molecule has 0 aliphatic heterocycles. The van der Waals surface area contributed by atoms with Crippen molar-refractivity contribution in [1.82, 2.24) is 4.98 Å². The van der Waals surface area contributed by atoms with Crippen molar-refractivity contribution in [3.05, 3.63) is 59.2 Å². The van der Waals surface area contributed by atoms with Gasteiger partial charge in [0.2, 0.25) is 14.2 Å². The van der Waals surface area contributed by atoms with Gasteiger partial charge in [-0.1, -0.05) is 184 Å². The van der Waals surface area contributed by atoms with Gasteiger partial charge in [-0.25, -0.2) is 13.4 Å². The van der Waals surface area contributed by atoms with Crippen molar-refractivity contribution in [3.63, 3.8) is 0 Å². The number of carbonyl (C=O) groups is 1. The first-order valence-electron chi connectivity index (χ1n) is 30.1. The minimum Gasteiger partial charge on any atom is -0.300 e. The number of benzene rings is 1. The quantitative estimate of drug-likeness (QED) is 0.199. The number of hydrogen-bond donors (Lipinski definition) is 0. The smallest absolute Gasteiger partial charge is 0.210 e. The van der Waals surface area contributed by atoms with Gasteiger partial charge in [0.1, 0.15) is 5.78 Å². The number of allylic oxidation sites excluding steroid dienone is 5. The lowest BCUT2D eigenvalue weighted by atomic mass is 9.60. The summed E-state index contributed by atoms with van der Waals surface area (Å²) >= 11 is 1.29. The van der Waals surface area contributed by atoms with Gasteiger partial charge in [0.25, 0.3) is 0 Å². The van der Waals surface area contributed by atoms with Gasteiger partial charge in [0.15, 0.2) is 0 Å². The van der Waals surface area contributed by atoms with Crippen LogP contribution < -0.4 is 0 Å². The van der Waals surface area contributed by atoms with Gasteiger partial charge in [-0.2, -0.15) is 0 Å². The normalized spacial score (nSPS) is 32.3. The van der Waals surface area contributed by atoms with E-state index >= 15 is 0 Å². The average molecular weight is 1040 g/mol. The van der Waals surface area contributed by atoms with Crippen LogP contribution in [0.3, 0.4) is 0 Å². The van der Waals surface area contributed by atoms with Crippen molar-refractivity contribution in [1.29, 1.82) is 0 Å². The molecule has 1 aromatic carbocycles. The van der Waals surface area contributed by atoms with Crippen molar-refractivity contribution in [2.75, 3.05) is 5.75 Å². The first-order chi connectivity index (χ1) is 33.9. The Balaban J connectivity index is 0.000000204. The maximum absolute atomic E-state index is 13.1. The van der Waals surface area contributed by atoms with Gasteiger partial charge in [-0.3, -0.25) is 4.79 Å². The minimum absolute atomic E-state index is 0.0839. The number of sulfone groups is 1. The van der Waals surface area contributed by atoms with Crippen molar-refractivity contribution in [2.45, 2.75) is 256 Å². The first-order valence-corrected chi connectivity index (χ1v) is 32.5. The molecule has 0 N–H and O–H groups in total. The maximum Gasteiger partial charge on any atom is 0.210 e. The molecule has 4 nitrogen and oxygen atoms in total. The minimum atomic E-state index is -3.39. The number of para-hydroxylation sites is 1. The fourth-order valence-electron chi connectivity index (χ4n) is 16.8. The summed E-state index contributed by atoms with van der Waals surface area (Å²) in [5.41, 5.74) is 8.35. The summed E-state index contributed by atoms with van der Waals surface area (Å²) in [6, 6.07) is 7.67. The van der Waals surface area contributed by atoms with E-state index in [4.69, 9.17) is 0 Å². The summed E-state index contributed by atoms with van der Waals surface area (Å²) in [6.07, 6.45) is 35.3. The summed E-state index contributed by atoms with van der Waals surface area (Å²) in [5.74, 6) is 6.53. The SMILES string of the molecule is C[C@@H]1CC(=O)C[C@H](C)C1.C[C@H](CCCC(C)(C)C)[C@H]1CC[C@H]2/C(=C/C=C3CC(C)(C)CC(C)(C)C3)CCC[C@]12C.C[C@H](CCCC(C)(C)C)[C@H]1CC[C@H]2/C(=C/CS(=O)(=O)c3nc4ccccc4s3)CCC[C@]12C. The number of Topliss-reactive ketones (excluding diaryl/α,β-unsaturated/α-hetero) is 1. The van der Waals surface area contributed by atoms with E-state index < -0.39 is 9.84 Å². The molecule has 0 amide bonds. The van der Waals surface area contributed by atoms with Crippen LogP contribution in [-0.4, -0.2) is 24.9 Å². The molecule has 6 heteroatoms. The monoisotopic (exact) mass is 1040 g/mol. The van der Waals surface area contributed by atoms with E-state index in [0.717, 1.165) is 59.1 Å². The Morgan fingerprint density at radius 3 is 1.70 bits per heavy atom. The van der Waals surface area contributed by atoms with Gasteiger partial charge in [-0.05, 0) is 195 Å². The van der Waals surface area contributed by atoms with Crippen LogP contribution in [0.1, 0.15) is 252 Å². The molecule has 412 valence electrons. The zero-order valence-electron chi connectivity index (χ0n) is 49.9. The van der Waals surface area contributed by atoms with Gasteiger partial charge in [0, 0.05) is 12.8 Å². The third-order valence-corrected chi connectivity index (χ3v) is 22.7. The number of nitrogens with zero attached hydrogens (tertiary/aromatic N) is 1. The van der Waals surface area contributed by atoms with Crippen LogP contribution in [-0.2, 0) is 14.6 Å². The van der Waals surface area contributed by atoms with E-state index in [0.29, 0.717) is 56.0 Å². The van der Waals surface area contributed by atoms with E-state index in [1.54, 1.807) is 11.1 Å². The Bertz CT molecular complexity index is 2280. The van der Waals surface area contributed by atoms with Crippen molar-refractivity contribution in [2.24, 2.45) is 79.8 Å². The summed E-state index contributed by atoms with van der Waals surface area (Å²) in [7, 11) is -3.39.